The van der Waals surface area contributed by atoms with Crippen LogP contribution in [0.5, 0.6) is 0 Å². The summed E-state index contributed by atoms with van der Waals surface area (Å²) >= 11 is 0. The molecule has 0 aliphatic heterocycles. The lowest BCUT2D eigenvalue weighted by Gasteiger charge is -2.33. The summed E-state index contributed by atoms with van der Waals surface area (Å²) in [7, 11) is -0.659. The van der Waals surface area contributed by atoms with Gasteiger partial charge in [0.05, 0.1) is 0 Å². The molecule has 158 valence electrons. The zero-order valence-corrected chi connectivity index (χ0v) is 21.1. The Morgan fingerprint density at radius 1 is 0.533 bits per heavy atom. The first-order valence-electron chi connectivity index (χ1n) is 10.7. The highest BCUT2D eigenvalue weighted by molar-refractivity contribution is 7.66. The average Bonchev–Trinajstić information content (AvgIpc) is 2.70. The van der Waals surface area contributed by atoms with Crippen molar-refractivity contribution in [2.45, 2.75) is 64.2 Å². The summed E-state index contributed by atoms with van der Waals surface area (Å²) in [5.74, 6) is 0. The Kier molecular flexibility index (Phi) is 7.49. The SMILES string of the molecule is CC(C)(C)P(Cc1cccc(CP(c2ccccc2)C(C)(C)C)n1)c1ccccc1. The van der Waals surface area contributed by atoms with Gasteiger partial charge in [0, 0.05) is 23.7 Å². The van der Waals surface area contributed by atoms with Crippen LogP contribution in [0.4, 0.5) is 0 Å². The van der Waals surface area contributed by atoms with E-state index in [2.05, 4.69) is 120 Å². The van der Waals surface area contributed by atoms with E-state index in [4.69, 9.17) is 4.98 Å². The maximum atomic E-state index is 5.16. The molecule has 30 heavy (non-hydrogen) atoms. The van der Waals surface area contributed by atoms with Crippen LogP contribution in [-0.4, -0.2) is 15.3 Å². The standard InChI is InChI=1S/C27H35NP2/c1-26(2,3)29(24-16-9-7-10-17-24)20-22-14-13-15-23(28-22)21-30(27(4,5)6)25-18-11-8-12-19-25/h7-19H,20-21H2,1-6H3. The molecular formula is C27H35NP2. The number of pyridine rings is 1. The third kappa shape index (κ3) is 6.23. The first-order valence-corrected chi connectivity index (χ1v) is 13.8. The Hall–Kier alpha value is -1.55. The van der Waals surface area contributed by atoms with Crippen LogP contribution >= 0.6 is 15.8 Å². The minimum Gasteiger partial charge on any atom is -0.257 e. The van der Waals surface area contributed by atoms with Crippen molar-refractivity contribution < 1.29 is 0 Å². The van der Waals surface area contributed by atoms with E-state index < -0.39 is 0 Å². The monoisotopic (exact) mass is 435 g/mol. The fraction of sp³-hybridized carbons (Fsp3) is 0.370. The van der Waals surface area contributed by atoms with Gasteiger partial charge in [-0.05, 0) is 33.1 Å². The van der Waals surface area contributed by atoms with Gasteiger partial charge in [-0.3, -0.25) is 4.98 Å². The molecule has 0 radical (unpaired) electrons. The number of nitrogens with zero attached hydrogens (tertiary/aromatic N) is 1. The van der Waals surface area contributed by atoms with Gasteiger partial charge in [0.25, 0.3) is 0 Å². The highest BCUT2D eigenvalue weighted by atomic mass is 31.1. The lowest BCUT2D eigenvalue weighted by Crippen LogP contribution is -2.21. The predicted molar refractivity (Wildman–Crippen MR) is 137 cm³/mol. The Morgan fingerprint density at radius 3 is 1.23 bits per heavy atom. The third-order valence-corrected chi connectivity index (χ3v) is 11.6. The molecule has 0 aliphatic rings. The van der Waals surface area contributed by atoms with Crippen LogP contribution in [0.15, 0.2) is 78.9 Å². The Morgan fingerprint density at radius 2 is 0.900 bits per heavy atom. The lowest BCUT2D eigenvalue weighted by molar-refractivity contribution is 0.782. The van der Waals surface area contributed by atoms with Gasteiger partial charge in [0.15, 0.2) is 0 Å². The van der Waals surface area contributed by atoms with Crippen LogP contribution in [0.1, 0.15) is 52.9 Å². The zero-order valence-electron chi connectivity index (χ0n) is 19.3. The maximum absolute atomic E-state index is 5.16. The van der Waals surface area contributed by atoms with Gasteiger partial charge in [-0.15, -0.1) is 0 Å². The molecule has 3 heteroatoms. The van der Waals surface area contributed by atoms with Crippen molar-refractivity contribution in [3.8, 4) is 0 Å². The summed E-state index contributed by atoms with van der Waals surface area (Å²) in [5.41, 5.74) is 2.46. The van der Waals surface area contributed by atoms with Crippen molar-refractivity contribution in [2.75, 3.05) is 0 Å². The highest BCUT2D eigenvalue weighted by Crippen LogP contribution is 2.52. The van der Waals surface area contributed by atoms with E-state index in [-0.39, 0.29) is 26.2 Å². The van der Waals surface area contributed by atoms with Crippen LogP contribution in [0.3, 0.4) is 0 Å². The fourth-order valence-corrected chi connectivity index (χ4v) is 8.60. The van der Waals surface area contributed by atoms with Crippen molar-refractivity contribution in [3.05, 3.63) is 90.3 Å². The third-order valence-electron chi connectivity index (χ3n) is 5.26. The van der Waals surface area contributed by atoms with E-state index in [1.165, 1.54) is 22.0 Å². The first kappa shape index (κ1) is 23.1. The molecule has 2 atom stereocenters. The molecule has 0 N–H and O–H groups in total. The number of aromatic nitrogens is 1. The zero-order chi connectivity index (χ0) is 21.8. The number of benzene rings is 2. The minimum absolute atomic E-state index is 0.246. The van der Waals surface area contributed by atoms with Crippen LogP contribution in [-0.2, 0) is 12.3 Å². The van der Waals surface area contributed by atoms with E-state index >= 15 is 0 Å². The van der Waals surface area contributed by atoms with Crippen molar-refractivity contribution >= 4 is 26.5 Å². The molecule has 1 nitrogen and oxygen atoms in total. The molecular weight excluding hydrogens is 400 g/mol. The predicted octanol–water partition coefficient (Wildman–Crippen LogP) is 7.29. The van der Waals surface area contributed by atoms with E-state index in [0.29, 0.717) is 0 Å². The van der Waals surface area contributed by atoms with Crippen LogP contribution in [0.2, 0.25) is 0 Å². The second kappa shape index (κ2) is 9.72. The fourth-order valence-electron chi connectivity index (χ4n) is 3.68. The average molecular weight is 436 g/mol. The second-order valence-corrected chi connectivity index (χ2v) is 15.9. The summed E-state index contributed by atoms with van der Waals surface area (Å²) in [6.07, 6.45) is 2.07. The van der Waals surface area contributed by atoms with E-state index in [0.717, 1.165) is 12.3 Å². The van der Waals surface area contributed by atoms with Gasteiger partial charge in [0.2, 0.25) is 0 Å². The molecule has 1 heterocycles. The second-order valence-electron chi connectivity index (χ2n) is 9.81. The maximum Gasteiger partial charge on any atom is 0.0453 e. The quantitative estimate of drug-likeness (QED) is 0.370. The molecule has 3 aromatic rings. The number of rotatable bonds is 6. The molecule has 2 aromatic carbocycles. The van der Waals surface area contributed by atoms with Gasteiger partial charge in [-0.25, -0.2) is 0 Å². The summed E-state index contributed by atoms with van der Waals surface area (Å²) in [4.78, 5) is 5.16. The summed E-state index contributed by atoms with van der Waals surface area (Å²) in [5, 5.41) is 3.43. The van der Waals surface area contributed by atoms with Crippen LogP contribution in [0.25, 0.3) is 0 Å². The molecule has 2 unspecified atom stereocenters. The molecule has 0 saturated carbocycles. The molecule has 0 bridgehead atoms. The van der Waals surface area contributed by atoms with Gasteiger partial charge in [-0.2, -0.15) is 0 Å². The molecule has 3 rings (SSSR count). The van der Waals surface area contributed by atoms with Gasteiger partial charge in [-0.1, -0.05) is 124 Å². The van der Waals surface area contributed by atoms with Crippen LogP contribution in [0, 0.1) is 0 Å². The Balaban J connectivity index is 1.86. The van der Waals surface area contributed by atoms with E-state index in [9.17, 15) is 0 Å². The topological polar surface area (TPSA) is 12.9 Å². The van der Waals surface area contributed by atoms with Gasteiger partial charge >= 0.3 is 0 Å². The smallest absolute Gasteiger partial charge is 0.0453 e. The summed E-state index contributed by atoms with van der Waals surface area (Å²) in [6.45, 7) is 14.2. The Bertz CT molecular complexity index is 850. The Labute approximate surface area is 185 Å². The lowest BCUT2D eigenvalue weighted by atomic mass is 10.2. The van der Waals surface area contributed by atoms with E-state index in [1.54, 1.807) is 0 Å². The van der Waals surface area contributed by atoms with Gasteiger partial charge < -0.3 is 0 Å². The normalized spacial score (nSPS) is 14.3. The molecule has 1 aromatic heterocycles. The molecule has 0 spiro atoms. The molecule has 0 amide bonds. The first-order chi connectivity index (χ1) is 14.1. The molecule has 0 saturated heterocycles. The van der Waals surface area contributed by atoms with Crippen molar-refractivity contribution in [1.29, 1.82) is 0 Å². The number of hydrogen-bond donors (Lipinski definition) is 0. The number of hydrogen-bond acceptors (Lipinski definition) is 1. The van der Waals surface area contributed by atoms with Gasteiger partial charge in [0.1, 0.15) is 0 Å². The summed E-state index contributed by atoms with van der Waals surface area (Å²) < 4.78 is 0. The highest BCUT2D eigenvalue weighted by Gasteiger charge is 2.28. The summed E-state index contributed by atoms with van der Waals surface area (Å²) in [6, 6.07) is 28.7. The molecule has 0 fully saturated rings. The molecule has 0 aliphatic carbocycles. The van der Waals surface area contributed by atoms with Crippen molar-refractivity contribution in [3.63, 3.8) is 0 Å². The largest absolute Gasteiger partial charge is 0.257 e. The van der Waals surface area contributed by atoms with E-state index in [1.807, 2.05) is 0 Å². The van der Waals surface area contributed by atoms with Crippen molar-refractivity contribution in [2.24, 2.45) is 0 Å². The van der Waals surface area contributed by atoms with Crippen molar-refractivity contribution in [1.82, 2.24) is 4.98 Å². The minimum atomic E-state index is -0.329. The van der Waals surface area contributed by atoms with Crippen LogP contribution < -0.4 is 10.6 Å².